The van der Waals surface area contributed by atoms with Gasteiger partial charge in [-0.3, -0.25) is 9.59 Å². The van der Waals surface area contributed by atoms with Crippen LogP contribution in [0.25, 0.3) is 0 Å². The van der Waals surface area contributed by atoms with Crippen LogP contribution in [-0.4, -0.2) is 12.3 Å². The van der Waals surface area contributed by atoms with Crippen LogP contribution >= 0.6 is 0 Å². The number of allylic oxidation sites excluding steroid dienone is 4. The van der Waals surface area contributed by atoms with Crippen molar-refractivity contribution in [1.82, 2.24) is 0 Å². The molecule has 0 aromatic rings. The first-order valence-electron chi connectivity index (χ1n) is 4.49. The van der Waals surface area contributed by atoms with Crippen LogP contribution in [-0.2, 0) is 9.59 Å². The smallest absolute Gasteiger partial charge is 0.217 e. The third-order valence-electron chi connectivity index (χ3n) is 1.79. The summed E-state index contributed by atoms with van der Waals surface area (Å²) in [5.74, 6) is -0.208. The minimum atomic E-state index is -0.208. The molecule has 0 saturated heterocycles. The van der Waals surface area contributed by atoms with Crippen molar-refractivity contribution in [1.29, 1.82) is 0 Å². The Morgan fingerprint density at radius 1 is 1.57 bits per heavy atom. The fourth-order valence-electron chi connectivity index (χ4n) is 1.14. The predicted molar refractivity (Wildman–Crippen MR) is 55.1 cm³/mol. The van der Waals surface area contributed by atoms with Gasteiger partial charge in [-0.25, -0.2) is 0 Å². The van der Waals surface area contributed by atoms with Gasteiger partial charge in [-0.15, -0.1) is 0 Å². The van der Waals surface area contributed by atoms with E-state index in [2.05, 4.69) is 17.9 Å². The van der Waals surface area contributed by atoms with E-state index >= 15 is 0 Å². The maximum Gasteiger partial charge on any atom is 0.217 e. The molecule has 0 heterocycles. The van der Waals surface area contributed by atoms with E-state index in [1.807, 2.05) is 6.08 Å². The molecule has 0 radical (unpaired) electrons. The molecule has 0 saturated carbocycles. The topological polar surface area (TPSA) is 86.2 Å². The molecule has 0 aromatic carbocycles. The second-order valence-corrected chi connectivity index (χ2v) is 2.89. The number of amides is 2. The molecule has 0 bridgehead atoms. The highest BCUT2D eigenvalue weighted by atomic mass is 16.1. The molecule has 0 aliphatic heterocycles. The summed E-state index contributed by atoms with van der Waals surface area (Å²) in [6.45, 7) is 0. The maximum atomic E-state index is 10.4. The third kappa shape index (κ3) is 7.09. The molecule has 0 unspecified atom stereocenters. The molecule has 2 amide bonds. The Balaban J connectivity index is 0.000000500. The first-order valence-corrected chi connectivity index (χ1v) is 4.49. The molecule has 4 heteroatoms. The second-order valence-electron chi connectivity index (χ2n) is 2.89. The van der Waals surface area contributed by atoms with Crippen LogP contribution in [0.5, 0.6) is 0 Å². The molecule has 14 heavy (non-hydrogen) atoms. The van der Waals surface area contributed by atoms with E-state index in [-0.39, 0.29) is 12.3 Å². The van der Waals surface area contributed by atoms with E-state index in [1.54, 1.807) is 0 Å². The largest absolute Gasteiger partial charge is 0.372 e. The summed E-state index contributed by atoms with van der Waals surface area (Å²) in [6, 6.07) is 0. The zero-order chi connectivity index (χ0) is 10.8. The van der Waals surface area contributed by atoms with Crippen LogP contribution in [0.4, 0.5) is 0 Å². The molecule has 0 fully saturated rings. The minimum Gasteiger partial charge on any atom is -0.372 e. The van der Waals surface area contributed by atoms with Gasteiger partial charge in [0.05, 0.1) is 0 Å². The molecule has 1 aliphatic carbocycles. The quantitative estimate of drug-likeness (QED) is 0.648. The van der Waals surface area contributed by atoms with Gasteiger partial charge in [-0.05, 0) is 19.3 Å². The fourth-order valence-corrected chi connectivity index (χ4v) is 1.14. The van der Waals surface area contributed by atoms with Crippen molar-refractivity contribution in [2.24, 2.45) is 11.5 Å². The standard InChI is InChI=1S/C9H13NO.CH3NO/c10-9(11)7-6-8-4-2-1-3-5-8;2-1-3/h1-2,4H,3,5-7H2,(H2,10,11);1H,(H2,2,3). The second kappa shape index (κ2) is 8.04. The lowest BCUT2D eigenvalue weighted by Gasteiger charge is -2.06. The number of hydrogen-bond acceptors (Lipinski definition) is 2. The minimum absolute atomic E-state index is 0.208. The Labute approximate surface area is 83.6 Å². The summed E-state index contributed by atoms with van der Waals surface area (Å²) in [6.07, 6.45) is 10.0. The molecule has 0 atom stereocenters. The van der Waals surface area contributed by atoms with Gasteiger partial charge < -0.3 is 11.5 Å². The SMILES string of the molecule is NC(=O)CCC1=CC=CCC1.NC=O. The van der Waals surface area contributed by atoms with Crippen LogP contribution < -0.4 is 11.5 Å². The predicted octanol–water partition coefficient (Wildman–Crippen LogP) is 0.630. The molecule has 78 valence electrons. The Hall–Kier alpha value is -1.58. The number of carbonyl (C=O) groups excluding carboxylic acids is 2. The summed E-state index contributed by atoms with van der Waals surface area (Å²) in [5, 5.41) is 0. The molecule has 0 aromatic heterocycles. The van der Waals surface area contributed by atoms with E-state index in [4.69, 9.17) is 10.5 Å². The van der Waals surface area contributed by atoms with Gasteiger partial charge in [0.15, 0.2) is 0 Å². The van der Waals surface area contributed by atoms with Crippen molar-refractivity contribution in [2.75, 3.05) is 0 Å². The Bertz CT molecular complexity index is 245. The van der Waals surface area contributed by atoms with Crippen LogP contribution in [0.15, 0.2) is 23.8 Å². The fraction of sp³-hybridized carbons (Fsp3) is 0.400. The average molecular weight is 196 g/mol. The van der Waals surface area contributed by atoms with E-state index < -0.39 is 0 Å². The van der Waals surface area contributed by atoms with Crippen molar-refractivity contribution in [2.45, 2.75) is 25.7 Å². The highest BCUT2D eigenvalue weighted by Gasteiger charge is 2.01. The van der Waals surface area contributed by atoms with Crippen LogP contribution in [0.1, 0.15) is 25.7 Å². The third-order valence-corrected chi connectivity index (χ3v) is 1.79. The zero-order valence-corrected chi connectivity index (χ0v) is 8.11. The Morgan fingerprint density at radius 2 is 2.21 bits per heavy atom. The Morgan fingerprint density at radius 3 is 2.64 bits per heavy atom. The Kier molecular flexibility index (Phi) is 7.13. The number of nitrogens with two attached hydrogens (primary N) is 2. The first-order chi connectivity index (χ1) is 6.70. The number of primary amides is 2. The molecule has 0 spiro atoms. The molecular weight excluding hydrogens is 180 g/mol. The molecule has 1 aliphatic rings. The van der Waals surface area contributed by atoms with Crippen LogP contribution in [0, 0.1) is 0 Å². The van der Waals surface area contributed by atoms with Crippen LogP contribution in [0.2, 0.25) is 0 Å². The van der Waals surface area contributed by atoms with E-state index in [9.17, 15) is 4.79 Å². The van der Waals surface area contributed by atoms with Crippen molar-refractivity contribution in [3.63, 3.8) is 0 Å². The first kappa shape index (κ1) is 12.4. The van der Waals surface area contributed by atoms with Gasteiger partial charge in [-0.2, -0.15) is 0 Å². The van der Waals surface area contributed by atoms with Crippen molar-refractivity contribution < 1.29 is 9.59 Å². The van der Waals surface area contributed by atoms with E-state index in [0.29, 0.717) is 6.42 Å². The van der Waals surface area contributed by atoms with Gasteiger partial charge in [0, 0.05) is 6.42 Å². The summed E-state index contributed by atoms with van der Waals surface area (Å²) < 4.78 is 0. The summed E-state index contributed by atoms with van der Waals surface area (Å²) >= 11 is 0. The van der Waals surface area contributed by atoms with Gasteiger partial charge in [0.2, 0.25) is 12.3 Å². The lowest BCUT2D eigenvalue weighted by Crippen LogP contribution is -2.10. The monoisotopic (exact) mass is 196 g/mol. The molecule has 4 nitrogen and oxygen atoms in total. The molecule has 4 N–H and O–H groups in total. The summed E-state index contributed by atoms with van der Waals surface area (Å²) in [4.78, 5) is 19.0. The summed E-state index contributed by atoms with van der Waals surface area (Å²) in [5.41, 5.74) is 10.5. The molecule has 1 rings (SSSR count). The van der Waals surface area contributed by atoms with Crippen LogP contribution in [0.3, 0.4) is 0 Å². The molecular formula is C10H16N2O2. The highest BCUT2D eigenvalue weighted by Crippen LogP contribution is 2.16. The number of carbonyl (C=O) groups is 2. The van der Waals surface area contributed by atoms with Gasteiger partial charge in [0.1, 0.15) is 0 Å². The van der Waals surface area contributed by atoms with Crippen molar-refractivity contribution in [3.8, 4) is 0 Å². The lowest BCUT2D eigenvalue weighted by atomic mass is 10.0. The normalized spacial score (nSPS) is 13.6. The maximum absolute atomic E-state index is 10.4. The van der Waals surface area contributed by atoms with Crippen molar-refractivity contribution >= 4 is 12.3 Å². The number of hydrogen-bond donors (Lipinski definition) is 2. The van der Waals surface area contributed by atoms with Gasteiger partial charge >= 0.3 is 0 Å². The lowest BCUT2D eigenvalue weighted by molar-refractivity contribution is -0.118. The number of rotatable bonds is 3. The van der Waals surface area contributed by atoms with E-state index in [1.165, 1.54) is 5.57 Å². The van der Waals surface area contributed by atoms with E-state index in [0.717, 1.165) is 19.3 Å². The van der Waals surface area contributed by atoms with Gasteiger partial charge in [-0.1, -0.05) is 23.8 Å². The van der Waals surface area contributed by atoms with Gasteiger partial charge in [0.25, 0.3) is 0 Å². The summed E-state index contributed by atoms with van der Waals surface area (Å²) in [7, 11) is 0. The highest BCUT2D eigenvalue weighted by molar-refractivity contribution is 5.74. The van der Waals surface area contributed by atoms with Crippen molar-refractivity contribution in [3.05, 3.63) is 23.8 Å². The zero-order valence-electron chi connectivity index (χ0n) is 8.11. The average Bonchev–Trinajstić information content (AvgIpc) is 2.18.